The Morgan fingerprint density at radius 3 is 2.00 bits per heavy atom. The molecule has 0 saturated heterocycles. The quantitative estimate of drug-likeness (QED) is 0.668. The SMILES string of the molecule is CCCN(CC(NCC)C(C)C)C(C)C. The second-order valence-corrected chi connectivity index (χ2v) is 5.00. The molecule has 0 radical (unpaired) electrons. The van der Waals surface area contributed by atoms with Crippen LogP contribution in [-0.2, 0) is 0 Å². The van der Waals surface area contributed by atoms with Crippen molar-refractivity contribution in [2.45, 2.75) is 60.0 Å². The van der Waals surface area contributed by atoms with Crippen LogP contribution in [0.4, 0.5) is 0 Å². The van der Waals surface area contributed by atoms with Crippen LogP contribution in [0.1, 0.15) is 48.0 Å². The minimum absolute atomic E-state index is 0.629. The summed E-state index contributed by atoms with van der Waals surface area (Å²) in [5.41, 5.74) is 0. The fourth-order valence-electron chi connectivity index (χ4n) is 1.87. The van der Waals surface area contributed by atoms with Crippen LogP contribution in [0.3, 0.4) is 0 Å². The van der Waals surface area contributed by atoms with Crippen molar-refractivity contribution in [2.24, 2.45) is 5.92 Å². The highest BCUT2D eigenvalue weighted by atomic mass is 15.2. The van der Waals surface area contributed by atoms with Crippen LogP contribution in [0.15, 0.2) is 0 Å². The molecule has 0 rings (SSSR count). The minimum Gasteiger partial charge on any atom is -0.313 e. The van der Waals surface area contributed by atoms with Gasteiger partial charge in [0.1, 0.15) is 0 Å². The van der Waals surface area contributed by atoms with Gasteiger partial charge in [0.2, 0.25) is 0 Å². The van der Waals surface area contributed by atoms with Crippen LogP contribution in [0.5, 0.6) is 0 Å². The van der Waals surface area contributed by atoms with Crippen LogP contribution < -0.4 is 5.32 Å². The van der Waals surface area contributed by atoms with E-state index in [1.807, 2.05) is 0 Å². The van der Waals surface area contributed by atoms with Gasteiger partial charge in [-0.05, 0) is 39.3 Å². The van der Waals surface area contributed by atoms with Crippen molar-refractivity contribution in [3.05, 3.63) is 0 Å². The molecule has 2 nitrogen and oxygen atoms in total. The molecule has 92 valence electrons. The molecule has 1 unspecified atom stereocenters. The maximum atomic E-state index is 3.58. The van der Waals surface area contributed by atoms with E-state index in [1.54, 1.807) is 0 Å². The number of likely N-dealkylation sites (N-methyl/N-ethyl adjacent to an activating group) is 1. The summed E-state index contributed by atoms with van der Waals surface area (Å²) in [6.07, 6.45) is 1.25. The van der Waals surface area contributed by atoms with Gasteiger partial charge in [0.25, 0.3) is 0 Å². The highest BCUT2D eigenvalue weighted by Crippen LogP contribution is 2.07. The lowest BCUT2D eigenvalue weighted by molar-refractivity contribution is 0.180. The van der Waals surface area contributed by atoms with Crippen molar-refractivity contribution < 1.29 is 0 Å². The maximum Gasteiger partial charge on any atom is 0.0217 e. The lowest BCUT2D eigenvalue weighted by Crippen LogP contribution is -2.46. The Labute approximate surface area is 96.4 Å². The monoisotopic (exact) mass is 214 g/mol. The molecular weight excluding hydrogens is 184 g/mol. The second-order valence-electron chi connectivity index (χ2n) is 5.00. The lowest BCUT2D eigenvalue weighted by Gasteiger charge is -2.32. The van der Waals surface area contributed by atoms with Gasteiger partial charge in [0.15, 0.2) is 0 Å². The number of hydrogen-bond acceptors (Lipinski definition) is 2. The van der Waals surface area contributed by atoms with Gasteiger partial charge in [0.05, 0.1) is 0 Å². The fourth-order valence-corrected chi connectivity index (χ4v) is 1.87. The zero-order valence-electron chi connectivity index (χ0n) is 11.5. The normalized spacial score (nSPS) is 14.2. The number of nitrogens with zero attached hydrogens (tertiary/aromatic N) is 1. The molecule has 0 aliphatic carbocycles. The first-order valence-electron chi connectivity index (χ1n) is 6.50. The van der Waals surface area contributed by atoms with E-state index < -0.39 is 0 Å². The molecule has 0 spiro atoms. The number of nitrogens with one attached hydrogen (secondary N) is 1. The zero-order valence-corrected chi connectivity index (χ0v) is 11.5. The molecule has 0 aromatic rings. The molecule has 1 atom stereocenters. The van der Waals surface area contributed by atoms with Crippen LogP contribution in [0, 0.1) is 5.92 Å². The first-order chi connectivity index (χ1) is 7.02. The average Bonchev–Trinajstić information content (AvgIpc) is 2.15. The Hall–Kier alpha value is -0.0800. The molecule has 15 heavy (non-hydrogen) atoms. The highest BCUT2D eigenvalue weighted by molar-refractivity contribution is 4.76. The fraction of sp³-hybridized carbons (Fsp3) is 1.00. The molecule has 0 aromatic carbocycles. The van der Waals surface area contributed by atoms with Crippen molar-refractivity contribution in [2.75, 3.05) is 19.6 Å². The third kappa shape index (κ3) is 6.16. The van der Waals surface area contributed by atoms with Crippen molar-refractivity contribution in [1.82, 2.24) is 10.2 Å². The molecule has 0 aliphatic rings. The molecular formula is C13H30N2. The smallest absolute Gasteiger partial charge is 0.0217 e. The van der Waals surface area contributed by atoms with E-state index in [9.17, 15) is 0 Å². The lowest BCUT2D eigenvalue weighted by atomic mass is 10.0. The summed E-state index contributed by atoms with van der Waals surface area (Å²) in [6.45, 7) is 17.1. The second kappa shape index (κ2) is 8.12. The highest BCUT2D eigenvalue weighted by Gasteiger charge is 2.17. The Kier molecular flexibility index (Phi) is 8.07. The largest absolute Gasteiger partial charge is 0.313 e. The topological polar surface area (TPSA) is 15.3 Å². The maximum absolute atomic E-state index is 3.58. The summed E-state index contributed by atoms with van der Waals surface area (Å²) in [5, 5.41) is 3.58. The molecule has 1 N–H and O–H groups in total. The van der Waals surface area contributed by atoms with E-state index in [2.05, 4.69) is 51.8 Å². The summed E-state index contributed by atoms with van der Waals surface area (Å²) in [4.78, 5) is 2.58. The summed E-state index contributed by atoms with van der Waals surface area (Å²) in [6, 6.07) is 1.29. The van der Waals surface area contributed by atoms with Crippen LogP contribution >= 0.6 is 0 Å². The summed E-state index contributed by atoms with van der Waals surface area (Å²) < 4.78 is 0. The van der Waals surface area contributed by atoms with E-state index >= 15 is 0 Å². The van der Waals surface area contributed by atoms with Gasteiger partial charge in [-0.1, -0.05) is 27.7 Å². The van der Waals surface area contributed by atoms with Gasteiger partial charge < -0.3 is 5.32 Å². The van der Waals surface area contributed by atoms with Crippen molar-refractivity contribution in [3.8, 4) is 0 Å². The molecule has 0 heterocycles. The predicted molar refractivity (Wildman–Crippen MR) is 69.3 cm³/mol. The van der Waals surface area contributed by atoms with Gasteiger partial charge in [-0.3, -0.25) is 4.90 Å². The third-order valence-corrected chi connectivity index (χ3v) is 2.94. The number of rotatable bonds is 8. The van der Waals surface area contributed by atoms with E-state index in [-0.39, 0.29) is 0 Å². The standard InChI is InChI=1S/C13H30N2/c1-7-9-15(12(5)6)10-13(11(3)4)14-8-2/h11-14H,7-10H2,1-6H3. The summed E-state index contributed by atoms with van der Waals surface area (Å²) in [5.74, 6) is 0.711. The minimum atomic E-state index is 0.629. The van der Waals surface area contributed by atoms with Crippen LogP contribution in [-0.4, -0.2) is 36.6 Å². The van der Waals surface area contributed by atoms with Gasteiger partial charge >= 0.3 is 0 Å². The molecule has 0 aliphatic heterocycles. The van der Waals surface area contributed by atoms with Crippen LogP contribution in [0.2, 0.25) is 0 Å². The Bertz CT molecular complexity index is 127. The van der Waals surface area contributed by atoms with Crippen molar-refractivity contribution in [3.63, 3.8) is 0 Å². The van der Waals surface area contributed by atoms with Gasteiger partial charge in [-0.25, -0.2) is 0 Å². The first-order valence-corrected chi connectivity index (χ1v) is 6.50. The molecule has 0 fully saturated rings. The molecule has 0 saturated carbocycles. The first kappa shape index (κ1) is 14.9. The summed E-state index contributed by atoms with van der Waals surface area (Å²) in [7, 11) is 0. The molecule has 0 aromatic heterocycles. The zero-order chi connectivity index (χ0) is 11.8. The van der Waals surface area contributed by atoms with E-state index in [1.165, 1.54) is 19.5 Å². The molecule has 0 bridgehead atoms. The Morgan fingerprint density at radius 2 is 1.67 bits per heavy atom. The van der Waals surface area contributed by atoms with Crippen molar-refractivity contribution >= 4 is 0 Å². The summed E-state index contributed by atoms with van der Waals surface area (Å²) >= 11 is 0. The molecule has 0 amide bonds. The Morgan fingerprint density at radius 1 is 1.07 bits per heavy atom. The average molecular weight is 214 g/mol. The van der Waals surface area contributed by atoms with Crippen LogP contribution in [0.25, 0.3) is 0 Å². The van der Waals surface area contributed by atoms with Gasteiger partial charge in [0, 0.05) is 18.6 Å². The van der Waals surface area contributed by atoms with E-state index in [0.29, 0.717) is 18.0 Å². The predicted octanol–water partition coefficient (Wildman–Crippen LogP) is 2.74. The van der Waals surface area contributed by atoms with Crippen molar-refractivity contribution in [1.29, 1.82) is 0 Å². The van der Waals surface area contributed by atoms with E-state index in [4.69, 9.17) is 0 Å². The van der Waals surface area contributed by atoms with Gasteiger partial charge in [-0.15, -0.1) is 0 Å². The third-order valence-electron chi connectivity index (χ3n) is 2.94. The molecule has 2 heteroatoms. The Balaban J connectivity index is 4.19. The van der Waals surface area contributed by atoms with E-state index in [0.717, 1.165) is 6.54 Å². The van der Waals surface area contributed by atoms with Gasteiger partial charge in [-0.2, -0.15) is 0 Å². The number of hydrogen-bond donors (Lipinski definition) is 1.